The zero-order valence-corrected chi connectivity index (χ0v) is 10.2. The van der Waals surface area contributed by atoms with Gasteiger partial charge in [-0.25, -0.2) is 4.98 Å². The van der Waals surface area contributed by atoms with E-state index in [0.29, 0.717) is 18.7 Å². The number of aliphatic hydroxyl groups is 1. The van der Waals surface area contributed by atoms with Gasteiger partial charge in [-0.1, -0.05) is 0 Å². The fraction of sp³-hybridized carbons (Fsp3) is 0.500. The molecule has 1 aliphatic rings. The molecule has 0 aliphatic carbocycles. The summed E-state index contributed by atoms with van der Waals surface area (Å²) < 4.78 is 5.29. The minimum Gasteiger partial charge on any atom is -0.397 e. The Morgan fingerprint density at radius 2 is 2.56 bits per heavy atom. The summed E-state index contributed by atoms with van der Waals surface area (Å²) in [6, 6.07) is 3.27. The van der Waals surface area contributed by atoms with Crippen LogP contribution in [-0.2, 0) is 4.74 Å². The predicted octanol–water partition coefficient (Wildman–Crippen LogP) is -0.0665. The van der Waals surface area contributed by atoms with Crippen molar-refractivity contribution in [1.82, 2.24) is 10.3 Å². The van der Waals surface area contributed by atoms with E-state index in [1.807, 2.05) is 0 Å². The smallest absolute Gasteiger partial charge is 0.272 e. The quantitative estimate of drug-likeness (QED) is 0.699. The number of nitrogens with one attached hydrogen (secondary N) is 1. The number of nitrogen functional groups attached to an aromatic ring is 1. The number of pyridine rings is 1. The third kappa shape index (κ3) is 2.44. The van der Waals surface area contributed by atoms with Crippen molar-refractivity contribution >= 4 is 11.6 Å². The Morgan fingerprint density at radius 3 is 3.17 bits per heavy atom. The van der Waals surface area contributed by atoms with Crippen molar-refractivity contribution < 1.29 is 14.6 Å². The molecule has 1 amide bonds. The van der Waals surface area contributed by atoms with Gasteiger partial charge in [0.1, 0.15) is 5.60 Å². The van der Waals surface area contributed by atoms with Gasteiger partial charge < -0.3 is 20.9 Å². The maximum absolute atomic E-state index is 11.9. The molecule has 4 N–H and O–H groups in total. The van der Waals surface area contributed by atoms with Gasteiger partial charge in [0.15, 0.2) is 5.69 Å². The molecular weight excluding hydrogens is 234 g/mol. The third-order valence-corrected chi connectivity index (χ3v) is 3.27. The van der Waals surface area contributed by atoms with Gasteiger partial charge in [0.25, 0.3) is 5.91 Å². The lowest BCUT2D eigenvalue weighted by Gasteiger charge is -2.26. The van der Waals surface area contributed by atoms with Gasteiger partial charge in [-0.05, 0) is 19.1 Å². The SMILES string of the molecule is CC1OCCC1(O)CNC(=O)c1ncccc1N. The van der Waals surface area contributed by atoms with Gasteiger partial charge in [0.2, 0.25) is 0 Å². The molecule has 0 bridgehead atoms. The number of nitrogens with zero attached hydrogens (tertiary/aromatic N) is 1. The Hall–Kier alpha value is -1.66. The van der Waals surface area contributed by atoms with E-state index in [9.17, 15) is 9.90 Å². The first kappa shape index (κ1) is 12.8. The summed E-state index contributed by atoms with van der Waals surface area (Å²) in [6.07, 6.45) is 1.71. The first-order chi connectivity index (χ1) is 8.53. The Morgan fingerprint density at radius 1 is 1.78 bits per heavy atom. The zero-order valence-electron chi connectivity index (χ0n) is 10.2. The minimum atomic E-state index is -1.01. The molecule has 18 heavy (non-hydrogen) atoms. The molecule has 1 aliphatic heterocycles. The molecule has 1 aromatic rings. The number of anilines is 1. The fourth-order valence-corrected chi connectivity index (χ4v) is 1.93. The molecule has 1 fully saturated rings. The predicted molar refractivity (Wildman–Crippen MR) is 66.0 cm³/mol. The van der Waals surface area contributed by atoms with Gasteiger partial charge in [-0.15, -0.1) is 0 Å². The Kier molecular flexibility index (Phi) is 3.49. The lowest BCUT2D eigenvalue weighted by molar-refractivity contribution is -0.0251. The molecule has 0 saturated carbocycles. The minimum absolute atomic E-state index is 0.128. The highest BCUT2D eigenvalue weighted by molar-refractivity contribution is 5.97. The first-order valence-electron chi connectivity index (χ1n) is 5.85. The van der Waals surface area contributed by atoms with Crippen LogP contribution in [0, 0.1) is 0 Å². The summed E-state index contributed by atoms with van der Waals surface area (Å²) in [5, 5.41) is 12.9. The summed E-state index contributed by atoms with van der Waals surface area (Å²) in [6.45, 7) is 2.41. The van der Waals surface area contributed by atoms with E-state index in [4.69, 9.17) is 10.5 Å². The van der Waals surface area contributed by atoms with Crippen LogP contribution in [0.1, 0.15) is 23.8 Å². The number of carbonyl (C=O) groups is 1. The number of rotatable bonds is 3. The summed E-state index contributed by atoms with van der Waals surface area (Å²) in [5.74, 6) is -0.388. The Labute approximate surface area is 105 Å². The second-order valence-electron chi connectivity index (χ2n) is 4.49. The highest BCUT2D eigenvalue weighted by Gasteiger charge is 2.39. The van der Waals surface area contributed by atoms with E-state index in [0.717, 1.165) is 0 Å². The average Bonchev–Trinajstić information content (AvgIpc) is 2.68. The molecule has 2 atom stereocenters. The Balaban J connectivity index is 1.99. The molecule has 6 heteroatoms. The topological polar surface area (TPSA) is 97.5 Å². The lowest BCUT2D eigenvalue weighted by Crippen LogP contribution is -2.47. The summed E-state index contributed by atoms with van der Waals surface area (Å²) >= 11 is 0. The highest BCUT2D eigenvalue weighted by Crippen LogP contribution is 2.24. The molecular formula is C12H17N3O3. The monoisotopic (exact) mass is 251 g/mol. The van der Waals surface area contributed by atoms with Gasteiger partial charge >= 0.3 is 0 Å². The molecule has 1 saturated heterocycles. The molecule has 2 heterocycles. The van der Waals surface area contributed by atoms with E-state index < -0.39 is 5.60 Å². The second-order valence-corrected chi connectivity index (χ2v) is 4.49. The molecule has 98 valence electrons. The van der Waals surface area contributed by atoms with Crippen LogP contribution in [0.25, 0.3) is 0 Å². The number of hydrogen-bond acceptors (Lipinski definition) is 5. The zero-order chi connectivity index (χ0) is 13.2. The van der Waals surface area contributed by atoms with Crippen LogP contribution in [0.2, 0.25) is 0 Å². The number of amides is 1. The summed E-state index contributed by atoms with van der Waals surface area (Å²) in [7, 11) is 0. The van der Waals surface area contributed by atoms with Crippen molar-refractivity contribution in [2.45, 2.75) is 25.0 Å². The standard InChI is InChI=1S/C12H17N3O3/c1-8-12(17,4-6-18-8)7-15-11(16)10-9(13)3-2-5-14-10/h2-3,5,8,17H,4,6-7,13H2,1H3,(H,15,16). The largest absolute Gasteiger partial charge is 0.397 e. The molecule has 2 unspecified atom stereocenters. The maximum atomic E-state index is 11.9. The summed E-state index contributed by atoms with van der Waals surface area (Å²) in [5.41, 5.74) is 5.13. The van der Waals surface area contributed by atoms with E-state index >= 15 is 0 Å². The number of carbonyl (C=O) groups excluding carboxylic acids is 1. The van der Waals surface area contributed by atoms with Crippen molar-refractivity contribution in [3.05, 3.63) is 24.0 Å². The van der Waals surface area contributed by atoms with Gasteiger partial charge in [0, 0.05) is 25.8 Å². The van der Waals surface area contributed by atoms with Gasteiger partial charge in [-0.3, -0.25) is 4.79 Å². The molecule has 0 aromatic carbocycles. The molecule has 2 rings (SSSR count). The number of ether oxygens (including phenoxy) is 1. The van der Waals surface area contributed by atoms with Gasteiger partial charge in [0.05, 0.1) is 11.8 Å². The number of nitrogens with two attached hydrogens (primary N) is 1. The van der Waals surface area contributed by atoms with Crippen LogP contribution in [0.4, 0.5) is 5.69 Å². The van der Waals surface area contributed by atoms with Crippen LogP contribution < -0.4 is 11.1 Å². The van der Waals surface area contributed by atoms with Crippen molar-refractivity contribution in [3.63, 3.8) is 0 Å². The highest BCUT2D eigenvalue weighted by atomic mass is 16.5. The van der Waals surface area contributed by atoms with Crippen molar-refractivity contribution in [3.8, 4) is 0 Å². The van der Waals surface area contributed by atoms with Crippen LogP contribution >= 0.6 is 0 Å². The summed E-state index contributed by atoms with van der Waals surface area (Å²) in [4.78, 5) is 15.8. The van der Waals surface area contributed by atoms with E-state index in [-0.39, 0.29) is 24.2 Å². The second kappa shape index (κ2) is 4.91. The lowest BCUT2D eigenvalue weighted by atomic mass is 9.97. The molecule has 0 spiro atoms. The van der Waals surface area contributed by atoms with E-state index in [1.165, 1.54) is 6.20 Å². The van der Waals surface area contributed by atoms with E-state index in [2.05, 4.69) is 10.3 Å². The normalized spacial score (nSPS) is 27.1. The first-order valence-corrected chi connectivity index (χ1v) is 5.85. The van der Waals surface area contributed by atoms with Crippen LogP contribution in [0.3, 0.4) is 0 Å². The Bertz CT molecular complexity index is 452. The van der Waals surface area contributed by atoms with Crippen molar-refractivity contribution in [1.29, 1.82) is 0 Å². The molecule has 1 aromatic heterocycles. The van der Waals surface area contributed by atoms with Crippen LogP contribution in [0.5, 0.6) is 0 Å². The van der Waals surface area contributed by atoms with Gasteiger partial charge in [-0.2, -0.15) is 0 Å². The van der Waals surface area contributed by atoms with Crippen molar-refractivity contribution in [2.75, 3.05) is 18.9 Å². The fourth-order valence-electron chi connectivity index (χ4n) is 1.93. The van der Waals surface area contributed by atoms with E-state index in [1.54, 1.807) is 19.1 Å². The maximum Gasteiger partial charge on any atom is 0.272 e. The number of hydrogen-bond donors (Lipinski definition) is 3. The molecule has 6 nitrogen and oxygen atoms in total. The van der Waals surface area contributed by atoms with Crippen molar-refractivity contribution in [2.24, 2.45) is 0 Å². The third-order valence-electron chi connectivity index (χ3n) is 3.27. The van der Waals surface area contributed by atoms with Crippen LogP contribution in [-0.4, -0.2) is 40.9 Å². The van der Waals surface area contributed by atoms with Crippen LogP contribution in [0.15, 0.2) is 18.3 Å². The molecule has 0 radical (unpaired) electrons. The average molecular weight is 251 g/mol. The number of aromatic nitrogens is 1.